The molecule has 13 heteroatoms. The van der Waals surface area contributed by atoms with Gasteiger partial charge in [0.25, 0.3) is 5.91 Å². The van der Waals surface area contributed by atoms with Crippen molar-refractivity contribution in [3.8, 4) is 23.0 Å². The number of hydrogen-bond donors (Lipinski definition) is 2. The highest BCUT2D eigenvalue weighted by molar-refractivity contribution is 6.14. The highest BCUT2D eigenvalue weighted by atomic mass is 16.5. The van der Waals surface area contributed by atoms with Crippen LogP contribution in [0.2, 0.25) is 0 Å². The molecule has 5 aromatic rings. The number of hydrogen-bond acceptors (Lipinski definition) is 11. The lowest BCUT2D eigenvalue weighted by molar-refractivity contribution is -0.118. The van der Waals surface area contributed by atoms with Gasteiger partial charge in [-0.25, -0.2) is 0 Å². The van der Waals surface area contributed by atoms with E-state index < -0.39 is 0 Å². The van der Waals surface area contributed by atoms with Crippen LogP contribution >= 0.6 is 0 Å². The maximum absolute atomic E-state index is 14.0. The summed E-state index contributed by atoms with van der Waals surface area (Å²) in [5.41, 5.74) is 14.6. The molecule has 0 saturated heterocycles. The average molecular weight is 823 g/mol. The van der Waals surface area contributed by atoms with Gasteiger partial charge < -0.3 is 39.8 Å². The molecule has 3 heterocycles. The fourth-order valence-corrected chi connectivity index (χ4v) is 8.41. The normalized spacial score (nSPS) is 15.9. The van der Waals surface area contributed by atoms with E-state index in [1.54, 1.807) is 37.3 Å². The Morgan fingerprint density at radius 2 is 1.52 bits per heavy atom. The van der Waals surface area contributed by atoms with Crippen molar-refractivity contribution in [2.45, 2.75) is 51.0 Å². The maximum atomic E-state index is 14.0. The molecule has 3 aliphatic rings. The number of carbonyl (C=O) groups excluding carboxylic acids is 3. The maximum Gasteiger partial charge on any atom is 0.261 e. The molecule has 2 amide bonds. The van der Waals surface area contributed by atoms with E-state index in [4.69, 9.17) is 29.7 Å². The number of rotatable bonds is 17. The Hall–Kier alpha value is -7.02. The van der Waals surface area contributed by atoms with Crippen LogP contribution in [0.4, 0.5) is 28.4 Å². The Bertz CT molecular complexity index is 2510. The van der Waals surface area contributed by atoms with Gasteiger partial charge in [0.05, 0.1) is 37.6 Å². The van der Waals surface area contributed by atoms with E-state index in [9.17, 15) is 14.4 Å². The SMILES string of the molecule is COc1cc2c(cc1OCc1cc(COc3cc(NCC4Cc5ccccc5N4C)c(C=O)cc3OC)cc(N(C)CCCC(N)=O)c1)N=C[C@@H]1Cc3ccccc3N1C2=O. The van der Waals surface area contributed by atoms with Crippen molar-refractivity contribution in [1.82, 2.24) is 0 Å². The zero-order valence-corrected chi connectivity index (χ0v) is 34.9. The number of primary amides is 1. The molecule has 13 nitrogen and oxygen atoms in total. The molecule has 5 aromatic carbocycles. The lowest BCUT2D eigenvalue weighted by Crippen LogP contribution is -2.37. The molecule has 61 heavy (non-hydrogen) atoms. The Labute approximate surface area is 355 Å². The van der Waals surface area contributed by atoms with E-state index in [-0.39, 0.29) is 43.5 Å². The number of carbonyl (C=O) groups is 3. The van der Waals surface area contributed by atoms with E-state index in [1.165, 1.54) is 11.3 Å². The van der Waals surface area contributed by atoms with Crippen LogP contribution in [0.5, 0.6) is 23.0 Å². The van der Waals surface area contributed by atoms with Gasteiger partial charge in [0.1, 0.15) is 13.2 Å². The predicted molar refractivity (Wildman–Crippen MR) is 238 cm³/mol. The average Bonchev–Trinajstić information content (AvgIpc) is 3.77. The van der Waals surface area contributed by atoms with Gasteiger partial charge in [0, 0.05) is 86.7 Å². The number of methoxy groups -OCH3 is 2. The van der Waals surface area contributed by atoms with Gasteiger partial charge in [-0.15, -0.1) is 0 Å². The summed E-state index contributed by atoms with van der Waals surface area (Å²) in [6.45, 7) is 1.55. The molecule has 0 aliphatic carbocycles. The monoisotopic (exact) mass is 822 g/mol. The predicted octanol–water partition coefficient (Wildman–Crippen LogP) is 7.14. The summed E-state index contributed by atoms with van der Waals surface area (Å²) in [5.74, 6) is 1.28. The largest absolute Gasteiger partial charge is 0.493 e. The van der Waals surface area contributed by atoms with Crippen molar-refractivity contribution in [3.05, 3.63) is 124 Å². The molecule has 0 radical (unpaired) electrons. The molecule has 0 aromatic heterocycles. The summed E-state index contributed by atoms with van der Waals surface area (Å²) in [6.07, 6.45) is 5.11. The Morgan fingerprint density at radius 1 is 0.869 bits per heavy atom. The number of nitrogens with two attached hydrogens (primary N) is 1. The number of anilines is 4. The number of nitrogens with zero attached hydrogens (tertiary/aromatic N) is 4. The van der Waals surface area contributed by atoms with Crippen molar-refractivity contribution in [2.24, 2.45) is 10.7 Å². The van der Waals surface area contributed by atoms with Gasteiger partial charge in [-0.2, -0.15) is 0 Å². The number of nitrogens with one attached hydrogen (secondary N) is 1. The highest BCUT2D eigenvalue weighted by Crippen LogP contribution is 2.41. The summed E-state index contributed by atoms with van der Waals surface area (Å²) in [6, 6.07) is 29.4. The number of aldehydes is 1. The van der Waals surface area contributed by atoms with Crippen molar-refractivity contribution >= 4 is 52.8 Å². The molecule has 1 unspecified atom stereocenters. The van der Waals surface area contributed by atoms with E-state index >= 15 is 0 Å². The summed E-state index contributed by atoms with van der Waals surface area (Å²) < 4.78 is 24.3. The first-order chi connectivity index (χ1) is 29.6. The minimum Gasteiger partial charge on any atom is -0.493 e. The van der Waals surface area contributed by atoms with Crippen molar-refractivity contribution in [2.75, 3.05) is 61.4 Å². The second kappa shape index (κ2) is 17.7. The van der Waals surface area contributed by atoms with E-state index in [2.05, 4.69) is 40.4 Å². The third kappa shape index (κ3) is 8.54. The summed E-state index contributed by atoms with van der Waals surface area (Å²) in [4.78, 5) is 48.6. The quantitative estimate of drug-likeness (QED) is 0.0928. The molecule has 3 N–H and O–H groups in total. The topological polar surface area (TPSA) is 148 Å². The van der Waals surface area contributed by atoms with E-state index in [0.29, 0.717) is 71.4 Å². The number of para-hydroxylation sites is 2. The Balaban J connectivity index is 1.02. The van der Waals surface area contributed by atoms with Crippen LogP contribution in [0, 0.1) is 0 Å². The molecule has 314 valence electrons. The summed E-state index contributed by atoms with van der Waals surface area (Å²) >= 11 is 0. The van der Waals surface area contributed by atoms with E-state index in [0.717, 1.165) is 40.8 Å². The van der Waals surface area contributed by atoms with Crippen LogP contribution in [-0.4, -0.2) is 77.8 Å². The first kappa shape index (κ1) is 40.7. The molecule has 2 atom stereocenters. The Morgan fingerprint density at radius 3 is 2.20 bits per heavy atom. The molecule has 0 saturated carbocycles. The zero-order valence-electron chi connectivity index (χ0n) is 34.9. The fourth-order valence-electron chi connectivity index (χ4n) is 8.41. The molecular weight excluding hydrogens is 773 g/mol. The van der Waals surface area contributed by atoms with Crippen LogP contribution in [0.15, 0.2) is 96.0 Å². The van der Waals surface area contributed by atoms with Gasteiger partial charge in [0.2, 0.25) is 5.91 Å². The number of aliphatic imine (C=N–C) groups is 1. The molecule has 8 rings (SSSR count). The second-order valence-electron chi connectivity index (χ2n) is 15.6. The van der Waals surface area contributed by atoms with Gasteiger partial charge in [-0.05, 0) is 77.6 Å². The third-order valence-electron chi connectivity index (χ3n) is 11.7. The summed E-state index contributed by atoms with van der Waals surface area (Å²) in [5, 5.41) is 3.50. The molecule has 0 bridgehead atoms. The number of amides is 2. The standard InChI is InChI=1S/C48H50N6O7/c1-52(15-9-14-47(49)56)35-17-30(28-60-45-23-39(34(27-55)21-43(45)58-3)50-25-36-19-32-10-5-7-12-41(32)53(36)2)16-31(18-35)29-61-46-24-40-38(22-44(46)59-4)48(57)54-37(26-51-40)20-33-11-6-8-13-42(33)54/h5-8,10-13,16-18,21-24,26-27,36-37,50H,9,14-15,19-20,25,28-29H2,1-4H3,(H2,49,56)/t36?,37-/m0/s1. The minimum atomic E-state index is -0.348. The van der Waals surface area contributed by atoms with Gasteiger partial charge >= 0.3 is 0 Å². The van der Waals surface area contributed by atoms with Crippen molar-refractivity contribution < 1.29 is 33.3 Å². The minimum absolute atomic E-state index is 0.142. The highest BCUT2D eigenvalue weighted by Gasteiger charge is 2.36. The van der Waals surface area contributed by atoms with Crippen molar-refractivity contribution in [1.29, 1.82) is 0 Å². The first-order valence-electron chi connectivity index (χ1n) is 20.4. The molecule has 3 aliphatic heterocycles. The Kier molecular flexibility index (Phi) is 11.8. The van der Waals surface area contributed by atoms with E-state index in [1.807, 2.05) is 67.9 Å². The molecular formula is C48H50N6O7. The number of ether oxygens (including phenoxy) is 4. The third-order valence-corrected chi connectivity index (χ3v) is 11.7. The number of benzene rings is 5. The zero-order chi connectivity index (χ0) is 42.6. The van der Waals surface area contributed by atoms with Gasteiger partial charge in [-0.1, -0.05) is 36.4 Å². The van der Waals surface area contributed by atoms with Crippen molar-refractivity contribution in [3.63, 3.8) is 0 Å². The smallest absolute Gasteiger partial charge is 0.261 e. The van der Waals surface area contributed by atoms with Crippen LogP contribution < -0.4 is 44.7 Å². The van der Waals surface area contributed by atoms with Gasteiger partial charge in [0.15, 0.2) is 29.3 Å². The van der Waals surface area contributed by atoms with Gasteiger partial charge in [-0.3, -0.25) is 24.3 Å². The number of likely N-dealkylation sites (N-methyl/N-ethyl adjacent to an activating group) is 1. The van der Waals surface area contributed by atoms with Crippen LogP contribution in [-0.2, 0) is 30.8 Å². The second-order valence-corrected chi connectivity index (χ2v) is 15.6. The fraction of sp³-hybridized carbons (Fsp3) is 0.292. The number of fused-ring (bicyclic) bond motifs is 5. The van der Waals surface area contributed by atoms with Crippen LogP contribution in [0.3, 0.4) is 0 Å². The summed E-state index contributed by atoms with van der Waals surface area (Å²) in [7, 11) is 7.14. The molecule has 0 fully saturated rings. The molecule has 0 spiro atoms. The lowest BCUT2D eigenvalue weighted by Gasteiger charge is -2.24. The van der Waals surface area contributed by atoms with Crippen LogP contribution in [0.1, 0.15) is 55.8 Å². The van der Waals surface area contributed by atoms with Crippen LogP contribution in [0.25, 0.3) is 0 Å². The first-order valence-corrected chi connectivity index (χ1v) is 20.4. The lowest BCUT2D eigenvalue weighted by atomic mass is 10.1.